The van der Waals surface area contributed by atoms with Crippen LogP contribution in [0, 0.1) is 0 Å². The summed E-state index contributed by atoms with van der Waals surface area (Å²) in [5.41, 5.74) is 1.44. The lowest BCUT2D eigenvalue weighted by Crippen LogP contribution is -2.41. The summed E-state index contributed by atoms with van der Waals surface area (Å²) in [4.78, 5) is 32.2. The molecule has 0 spiro atoms. The Bertz CT molecular complexity index is 913. The number of para-hydroxylation sites is 1. The molecule has 1 unspecified atom stereocenters. The fourth-order valence-corrected chi connectivity index (χ4v) is 4.59. The fourth-order valence-electron chi connectivity index (χ4n) is 3.38. The van der Waals surface area contributed by atoms with Gasteiger partial charge < -0.3 is 10.1 Å². The number of amidine groups is 1. The molecule has 1 heterocycles. The van der Waals surface area contributed by atoms with Gasteiger partial charge in [0.25, 0.3) is 0 Å². The van der Waals surface area contributed by atoms with E-state index in [9.17, 15) is 9.59 Å². The van der Waals surface area contributed by atoms with Crippen LogP contribution in [-0.2, 0) is 9.59 Å². The van der Waals surface area contributed by atoms with Gasteiger partial charge in [-0.25, -0.2) is 4.99 Å². The molecule has 0 radical (unpaired) electrons. The molecule has 1 fully saturated rings. The second-order valence-electron chi connectivity index (χ2n) is 7.00. The first-order chi connectivity index (χ1) is 14.5. The molecule has 0 saturated carbocycles. The van der Waals surface area contributed by atoms with E-state index < -0.39 is 5.25 Å². The first-order valence-corrected chi connectivity index (χ1v) is 11.0. The second-order valence-corrected chi connectivity index (χ2v) is 8.17. The van der Waals surface area contributed by atoms with Gasteiger partial charge in [0.1, 0.15) is 11.0 Å². The Labute approximate surface area is 181 Å². The van der Waals surface area contributed by atoms with E-state index in [4.69, 9.17) is 9.73 Å². The van der Waals surface area contributed by atoms with E-state index in [1.807, 2.05) is 54.6 Å². The zero-order valence-electron chi connectivity index (χ0n) is 17.5. The molecule has 1 aliphatic heterocycles. The van der Waals surface area contributed by atoms with Gasteiger partial charge in [0.15, 0.2) is 5.17 Å². The van der Waals surface area contributed by atoms with Crippen LogP contribution in [0.4, 0.5) is 11.4 Å². The minimum absolute atomic E-state index is 0.0524. The van der Waals surface area contributed by atoms with Crippen LogP contribution in [0.3, 0.4) is 0 Å². The number of ether oxygens (including phenoxy) is 1. The molecule has 2 aromatic carbocycles. The minimum Gasteiger partial charge on any atom is -0.497 e. The monoisotopic (exact) mass is 425 g/mol. The number of benzene rings is 2. The van der Waals surface area contributed by atoms with Crippen LogP contribution in [0.25, 0.3) is 0 Å². The molecule has 2 aromatic rings. The molecule has 30 heavy (non-hydrogen) atoms. The summed E-state index contributed by atoms with van der Waals surface area (Å²) >= 11 is 1.36. The molecule has 0 aromatic heterocycles. The van der Waals surface area contributed by atoms with Gasteiger partial charge in [-0.15, -0.1) is 0 Å². The summed E-state index contributed by atoms with van der Waals surface area (Å²) in [7, 11) is 1.61. The molecule has 1 aliphatic rings. The summed E-state index contributed by atoms with van der Waals surface area (Å²) in [5, 5.41) is 3.01. The van der Waals surface area contributed by atoms with Crippen LogP contribution in [0.5, 0.6) is 5.75 Å². The third-order valence-electron chi connectivity index (χ3n) is 4.98. The molecule has 2 amide bonds. The molecule has 1 saturated heterocycles. The van der Waals surface area contributed by atoms with E-state index >= 15 is 0 Å². The average Bonchev–Trinajstić information content (AvgIpc) is 3.05. The highest BCUT2D eigenvalue weighted by atomic mass is 32.2. The zero-order valence-corrected chi connectivity index (χ0v) is 18.3. The van der Waals surface area contributed by atoms with Crippen molar-refractivity contribution in [2.24, 2.45) is 4.99 Å². The molecule has 1 atom stereocenters. The highest BCUT2D eigenvalue weighted by molar-refractivity contribution is 8.15. The number of amides is 2. The van der Waals surface area contributed by atoms with Gasteiger partial charge in [-0.3, -0.25) is 14.5 Å². The molecule has 6 nitrogen and oxygen atoms in total. The standard InChI is InChI=1S/C23H27N3O3S/c1-4-18(5-2)26-22(28)20(15-21(27)24-16-10-7-6-8-11-16)30-23(26)25-17-12-9-13-19(14-17)29-3/h6-14,18,20H,4-5,15H2,1-3H3,(H,24,27). The first kappa shape index (κ1) is 21.9. The maximum Gasteiger partial charge on any atom is 0.242 e. The lowest BCUT2D eigenvalue weighted by atomic mass is 10.1. The summed E-state index contributed by atoms with van der Waals surface area (Å²) in [6, 6.07) is 16.7. The lowest BCUT2D eigenvalue weighted by molar-refractivity contribution is -0.129. The Kier molecular flexibility index (Phi) is 7.52. The number of carbonyl (C=O) groups excluding carboxylic acids is 2. The number of methoxy groups -OCH3 is 1. The molecule has 3 rings (SSSR count). The maximum absolute atomic E-state index is 13.2. The van der Waals surface area contributed by atoms with Crippen molar-refractivity contribution in [3.8, 4) is 5.75 Å². The summed E-state index contributed by atoms with van der Waals surface area (Å²) in [5.74, 6) is 0.469. The molecule has 0 aliphatic carbocycles. The molecular weight excluding hydrogens is 398 g/mol. The van der Waals surface area contributed by atoms with Crippen molar-refractivity contribution in [2.45, 2.75) is 44.4 Å². The van der Waals surface area contributed by atoms with Gasteiger partial charge in [-0.1, -0.05) is 49.9 Å². The summed E-state index contributed by atoms with van der Waals surface area (Å²) < 4.78 is 5.28. The topological polar surface area (TPSA) is 71.0 Å². The quantitative estimate of drug-likeness (QED) is 0.657. The number of hydrogen-bond acceptors (Lipinski definition) is 5. The van der Waals surface area contributed by atoms with Gasteiger partial charge in [-0.05, 0) is 37.1 Å². The van der Waals surface area contributed by atoms with E-state index in [-0.39, 0.29) is 24.3 Å². The Balaban J connectivity index is 1.81. The normalized spacial score (nSPS) is 17.6. The predicted molar refractivity (Wildman–Crippen MR) is 122 cm³/mol. The maximum atomic E-state index is 13.2. The number of rotatable bonds is 8. The number of hydrogen-bond donors (Lipinski definition) is 1. The van der Waals surface area contributed by atoms with Gasteiger partial charge in [0, 0.05) is 24.2 Å². The van der Waals surface area contributed by atoms with Crippen LogP contribution < -0.4 is 10.1 Å². The van der Waals surface area contributed by atoms with Crippen LogP contribution in [0.2, 0.25) is 0 Å². The van der Waals surface area contributed by atoms with Crippen molar-refractivity contribution in [1.29, 1.82) is 0 Å². The van der Waals surface area contributed by atoms with Gasteiger partial charge in [0.2, 0.25) is 11.8 Å². The largest absolute Gasteiger partial charge is 0.497 e. The SMILES string of the molecule is CCC(CC)N1C(=O)C(CC(=O)Nc2ccccc2)SC1=Nc1cccc(OC)c1. The lowest BCUT2D eigenvalue weighted by Gasteiger charge is -2.25. The Morgan fingerprint density at radius 3 is 2.57 bits per heavy atom. The van der Waals surface area contributed by atoms with E-state index in [0.29, 0.717) is 10.9 Å². The fraction of sp³-hybridized carbons (Fsp3) is 0.348. The van der Waals surface area contributed by atoms with Gasteiger partial charge >= 0.3 is 0 Å². The summed E-state index contributed by atoms with van der Waals surface area (Å²) in [6.45, 7) is 4.12. The smallest absolute Gasteiger partial charge is 0.242 e. The predicted octanol–water partition coefficient (Wildman–Crippen LogP) is 4.84. The number of nitrogens with zero attached hydrogens (tertiary/aromatic N) is 2. The first-order valence-electron chi connectivity index (χ1n) is 10.1. The van der Waals surface area contributed by atoms with E-state index in [2.05, 4.69) is 19.2 Å². The number of anilines is 1. The highest BCUT2D eigenvalue weighted by Gasteiger charge is 2.41. The Morgan fingerprint density at radius 1 is 1.17 bits per heavy atom. The van der Waals surface area contributed by atoms with Crippen molar-refractivity contribution in [3.63, 3.8) is 0 Å². The van der Waals surface area contributed by atoms with Crippen molar-refractivity contribution in [1.82, 2.24) is 4.90 Å². The number of aliphatic imine (C=N–C) groups is 1. The Hall–Kier alpha value is -2.80. The third-order valence-corrected chi connectivity index (χ3v) is 6.13. The van der Waals surface area contributed by atoms with Gasteiger partial charge in [0.05, 0.1) is 12.8 Å². The molecule has 158 valence electrons. The second kappa shape index (κ2) is 10.3. The summed E-state index contributed by atoms with van der Waals surface area (Å²) in [6.07, 6.45) is 1.75. The number of carbonyl (C=O) groups is 2. The third kappa shape index (κ3) is 5.21. The molecular formula is C23H27N3O3S. The minimum atomic E-state index is -0.487. The number of thioether (sulfide) groups is 1. The van der Waals surface area contributed by atoms with E-state index in [1.165, 1.54) is 11.8 Å². The zero-order chi connectivity index (χ0) is 21.5. The van der Waals surface area contributed by atoms with Crippen molar-refractivity contribution in [2.75, 3.05) is 12.4 Å². The van der Waals surface area contributed by atoms with Crippen molar-refractivity contribution >= 4 is 40.1 Å². The molecule has 7 heteroatoms. The van der Waals surface area contributed by atoms with Crippen LogP contribution in [-0.4, -0.2) is 40.3 Å². The van der Waals surface area contributed by atoms with Gasteiger partial charge in [-0.2, -0.15) is 0 Å². The van der Waals surface area contributed by atoms with Crippen molar-refractivity contribution in [3.05, 3.63) is 54.6 Å². The highest BCUT2D eigenvalue weighted by Crippen LogP contribution is 2.35. The van der Waals surface area contributed by atoms with Crippen LogP contribution in [0.15, 0.2) is 59.6 Å². The van der Waals surface area contributed by atoms with Crippen molar-refractivity contribution < 1.29 is 14.3 Å². The molecule has 1 N–H and O–H groups in total. The Morgan fingerprint density at radius 2 is 1.90 bits per heavy atom. The van der Waals surface area contributed by atoms with Crippen LogP contribution >= 0.6 is 11.8 Å². The average molecular weight is 426 g/mol. The van der Waals surface area contributed by atoms with Crippen LogP contribution in [0.1, 0.15) is 33.1 Å². The number of nitrogens with one attached hydrogen (secondary N) is 1. The van der Waals surface area contributed by atoms with E-state index in [0.717, 1.165) is 24.2 Å². The van der Waals surface area contributed by atoms with E-state index in [1.54, 1.807) is 12.0 Å². The molecule has 0 bridgehead atoms.